The SMILES string of the molecule is CO/N=C(/C(=O)NC1C(=O)N2C(C(=S)OC(c3ccccc3)c3ccccc3)=C(C3COCOC3)C(C)S[C@H]12)c1csc(NC(c2ccccc2)(c2ccccc2)c2ccccc2)n1. The van der Waals surface area contributed by atoms with Crippen LogP contribution in [0.4, 0.5) is 5.13 Å². The van der Waals surface area contributed by atoms with E-state index >= 15 is 0 Å². The number of hydrogen-bond acceptors (Lipinski definition) is 12. The largest absolute Gasteiger partial charge is 0.469 e. The average Bonchev–Trinajstić information content (AvgIpc) is 3.82. The number of thiocarbonyl (C=S) groups is 1. The van der Waals surface area contributed by atoms with Gasteiger partial charge in [0.2, 0.25) is 5.05 Å². The van der Waals surface area contributed by atoms with E-state index in [1.165, 1.54) is 18.4 Å². The van der Waals surface area contributed by atoms with Crippen LogP contribution in [0.5, 0.6) is 0 Å². The molecule has 1 aromatic heterocycles. The van der Waals surface area contributed by atoms with Crippen molar-refractivity contribution in [3.63, 3.8) is 0 Å². The van der Waals surface area contributed by atoms with Crippen LogP contribution < -0.4 is 10.6 Å². The summed E-state index contributed by atoms with van der Waals surface area (Å²) in [6, 6.07) is 49.3. The quantitative estimate of drug-likeness (QED) is 0.0361. The first-order chi connectivity index (χ1) is 31.4. The molecule has 5 aromatic carbocycles. The summed E-state index contributed by atoms with van der Waals surface area (Å²) in [4.78, 5) is 40.6. The van der Waals surface area contributed by atoms with Gasteiger partial charge >= 0.3 is 0 Å². The molecule has 3 atom stereocenters. The van der Waals surface area contributed by atoms with Gasteiger partial charge in [0.05, 0.1) is 18.9 Å². The van der Waals surface area contributed by atoms with Crippen molar-refractivity contribution in [1.29, 1.82) is 0 Å². The Hall–Kier alpha value is -6.16. The van der Waals surface area contributed by atoms with Crippen LogP contribution in [0.15, 0.2) is 173 Å². The van der Waals surface area contributed by atoms with Gasteiger partial charge in [-0.1, -0.05) is 157 Å². The Bertz CT molecular complexity index is 2510. The lowest BCUT2D eigenvalue weighted by atomic mass is 9.77. The minimum absolute atomic E-state index is 0.0722. The number of nitrogens with one attached hydrogen (secondary N) is 2. The van der Waals surface area contributed by atoms with Gasteiger partial charge in [0, 0.05) is 16.5 Å². The molecule has 324 valence electrons. The second kappa shape index (κ2) is 19.3. The molecule has 3 aliphatic heterocycles. The summed E-state index contributed by atoms with van der Waals surface area (Å²) in [6.45, 7) is 3.08. The molecule has 0 bridgehead atoms. The van der Waals surface area contributed by atoms with Crippen molar-refractivity contribution in [2.75, 3.05) is 32.4 Å². The maximum Gasteiger partial charge on any atom is 0.276 e. The lowest BCUT2D eigenvalue weighted by molar-refractivity contribution is -0.145. The number of aromatic nitrogens is 1. The van der Waals surface area contributed by atoms with Gasteiger partial charge in [0.15, 0.2) is 10.8 Å². The van der Waals surface area contributed by atoms with E-state index in [9.17, 15) is 9.59 Å². The van der Waals surface area contributed by atoms with Gasteiger partial charge in [-0.25, -0.2) is 4.98 Å². The zero-order valence-corrected chi connectivity index (χ0v) is 37.5. The molecule has 11 nitrogen and oxygen atoms in total. The third-order valence-corrected chi connectivity index (χ3v) is 14.0. The molecule has 0 spiro atoms. The zero-order valence-electron chi connectivity index (χ0n) is 35.0. The second-order valence-corrected chi connectivity index (χ2v) is 18.1. The summed E-state index contributed by atoms with van der Waals surface area (Å²) in [5.41, 5.74) is 5.61. The molecular weight excluding hydrogens is 863 g/mol. The Kier molecular flexibility index (Phi) is 13.0. The fourth-order valence-corrected chi connectivity index (χ4v) is 11.2. The fourth-order valence-electron chi connectivity index (χ4n) is 8.63. The number of carbonyl (C=O) groups is 2. The molecule has 2 N–H and O–H groups in total. The Morgan fingerprint density at radius 2 is 1.34 bits per heavy atom. The molecule has 0 aliphatic carbocycles. The number of thiazole rings is 1. The number of thioether (sulfide) groups is 1. The predicted octanol–water partition coefficient (Wildman–Crippen LogP) is 8.69. The highest BCUT2D eigenvalue weighted by atomic mass is 32.2. The number of rotatable bonds is 14. The van der Waals surface area contributed by atoms with Crippen LogP contribution in [0.2, 0.25) is 0 Å². The smallest absolute Gasteiger partial charge is 0.276 e. The Morgan fingerprint density at radius 1 is 0.828 bits per heavy atom. The summed E-state index contributed by atoms with van der Waals surface area (Å²) in [6.07, 6.45) is -0.540. The number of hydrogen-bond donors (Lipinski definition) is 2. The number of benzene rings is 5. The van der Waals surface area contributed by atoms with E-state index in [2.05, 4.69) is 59.1 Å². The Balaban J connectivity index is 0.997. The third-order valence-electron chi connectivity index (χ3n) is 11.6. The van der Waals surface area contributed by atoms with E-state index in [1.54, 1.807) is 22.0 Å². The van der Waals surface area contributed by atoms with Gasteiger partial charge in [0.25, 0.3) is 11.8 Å². The number of nitrogens with zero attached hydrogens (tertiary/aromatic N) is 3. The molecule has 0 saturated carbocycles. The maximum absolute atomic E-state index is 14.5. The first kappa shape index (κ1) is 43.1. The normalized spacial score (nSPS) is 19.1. The number of oxime groups is 1. The summed E-state index contributed by atoms with van der Waals surface area (Å²) in [5, 5.41) is 12.7. The summed E-state index contributed by atoms with van der Waals surface area (Å²) in [5.74, 6) is -1.11. The highest BCUT2D eigenvalue weighted by Crippen LogP contribution is 2.48. The number of anilines is 1. The van der Waals surface area contributed by atoms with Gasteiger partial charge in [-0.05, 0) is 52.5 Å². The lowest BCUT2D eigenvalue weighted by Crippen LogP contribution is -2.71. The Morgan fingerprint density at radius 3 is 1.86 bits per heavy atom. The molecule has 6 aromatic rings. The molecule has 64 heavy (non-hydrogen) atoms. The van der Waals surface area contributed by atoms with Gasteiger partial charge in [-0.3, -0.25) is 14.5 Å². The highest BCUT2D eigenvalue weighted by Gasteiger charge is 2.56. The number of ether oxygens (including phenoxy) is 3. The van der Waals surface area contributed by atoms with E-state index in [1.807, 2.05) is 115 Å². The summed E-state index contributed by atoms with van der Waals surface area (Å²) < 4.78 is 18.3. The molecule has 3 aliphatic rings. The highest BCUT2D eigenvalue weighted by molar-refractivity contribution is 8.00. The van der Waals surface area contributed by atoms with Crippen LogP contribution in [0.3, 0.4) is 0 Å². The topological polar surface area (TPSA) is 124 Å². The lowest BCUT2D eigenvalue weighted by Gasteiger charge is -2.53. The van der Waals surface area contributed by atoms with Crippen molar-refractivity contribution in [1.82, 2.24) is 15.2 Å². The summed E-state index contributed by atoms with van der Waals surface area (Å²) in [7, 11) is 1.37. The molecule has 2 saturated heterocycles. The van der Waals surface area contributed by atoms with E-state index < -0.39 is 29.0 Å². The van der Waals surface area contributed by atoms with E-state index in [0.717, 1.165) is 33.4 Å². The van der Waals surface area contributed by atoms with Crippen molar-refractivity contribution in [3.8, 4) is 0 Å². The van der Waals surface area contributed by atoms with Crippen LogP contribution >= 0.6 is 35.3 Å². The zero-order chi connectivity index (χ0) is 44.0. The molecule has 0 radical (unpaired) electrons. The van der Waals surface area contributed by atoms with E-state index in [4.69, 9.17) is 36.3 Å². The van der Waals surface area contributed by atoms with Crippen molar-refractivity contribution >= 4 is 63.0 Å². The van der Waals surface area contributed by atoms with Crippen molar-refractivity contribution in [2.45, 2.75) is 35.2 Å². The molecule has 4 heterocycles. The Labute approximate surface area is 385 Å². The van der Waals surface area contributed by atoms with Crippen LogP contribution in [0.25, 0.3) is 0 Å². The predicted molar refractivity (Wildman–Crippen MR) is 254 cm³/mol. The van der Waals surface area contributed by atoms with Gasteiger partial charge in [-0.15, -0.1) is 23.1 Å². The van der Waals surface area contributed by atoms with Crippen LogP contribution in [0.1, 0.15) is 46.5 Å². The molecule has 2 unspecified atom stereocenters. The van der Waals surface area contributed by atoms with E-state index in [0.29, 0.717) is 24.0 Å². The third kappa shape index (κ3) is 8.47. The van der Waals surface area contributed by atoms with Gasteiger partial charge < -0.3 is 29.7 Å². The van der Waals surface area contributed by atoms with Crippen molar-refractivity contribution in [3.05, 3.63) is 202 Å². The molecule has 14 heteroatoms. The number of β-lactam (4-membered cyclic amide) rings is 1. The molecule has 2 fully saturated rings. The number of carbonyl (C=O) groups excluding carboxylic acids is 2. The second-order valence-electron chi connectivity index (χ2n) is 15.4. The van der Waals surface area contributed by atoms with E-state index in [-0.39, 0.29) is 40.3 Å². The van der Waals surface area contributed by atoms with Crippen LogP contribution in [-0.2, 0) is 34.2 Å². The minimum Gasteiger partial charge on any atom is -0.469 e. The van der Waals surface area contributed by atoms with Crippen LogP contribution in [0, 0.1) is 5.92 Å². The maximum atomic E-state index is 14.5. The van der Waals surface area contributed by atoms with Crippen molar-refractivity contribution < 1.29 is 28.6 Å². The average molecular weight is 908 g/mol. The monoisotopic (exact) mass is 907 g/mol. The number of fused-ring (bicyclic) bond motifs is 1. The van der Waals surface area contributed by atoms with Crippen molar-refractivity contribution in [2.24, 2.45) is 11.1 Å². The molecule has 9 rings (SSSR count). The van der Waals surface area contributed by atoms with Crippen LogP contribution in [-0.4, -0.2) is 76.2 Å². The first-order valence-electron chi connectivity index (χ1n) is 20.9. The minimum atomic E-state index is -0.905. The fraction of sp³-hybridized carbons (Fsp3) is 0.220. The van der Waals surface area contributed by atoms with Gasteiger partial charge in [-0.2, -0.15) is 0 Å². The number of amides is 2. The molecular formula is C50H45N5O6S3. The summed E-state index contributed by atoms with van der Waals surface area (Å²) >= 11 is 9.06. The first-order valence-corrected chi connectivity index (χ1v) is 23.1. The van der Waals surface area contributed by atoms with Gasteiger partial charge in [0.1, 0.15) is 42.7 Å². The molecule has 2 amide bonds. The standard InChI is InChI=1S/C50H45N5O6S3/c1-32-40(35-28-59-31-60-29-35)43(48(62)61-44(33-18-8-3-9-19-33)34-20-10-4-11-21-34)55-46(57)42(47(55)64-32)52-45(56)41(54-58-2)39-30-63-49(51-39)53-50(36-22-12-5-13-23-36,37-24-14-6-15-25-37)38-26-16-7-17-27-38/h3-27,30,32,35,42,44,47H,28-29,31H2,1-2H3,(H,51,53)(H,52,56)/b54-41+/t32?,42?,47-/m1/s1.